The van der Waals surface area contributed by atoms with Gasteiger partial charge in [-0.3, -0.25) is 14.8 Å². The van der Waals surface area contributed by atoms with Crippen molar-refractivity contribution in [3.63, 3.8) is 0 Å². The Morgan fingerprint density at radius 3 is 2.61 bits per heavy atom. The second-order valence-electron chi connectivity index (χ2n) is 5.85. The molecule has 23 heavy (non-hydrogen) atoms. The summed E-state index contributed by atoms with van der Waals surface area (Å²) >= 11 is 7.81. The summed E-state index contributed by atoms with van der Waals surface area (Å²) in [5.41, 5.74) is 2.51. The zero-order chi connectivity index (χ0) is 17.1. The van der Waals surface area contributed by atoms with Gasteiger partial charge in [0.05, 0.1) is 11.4 Å². The molecule has 0 atom stereocenters. The molecular formula is C16H21ClN4OS. The van der Waals surface area contributed by atoms with E-state index in [1.165, 1.54) is 17.4 Å². The van der Waals surface area contributed by atoms with Gasteiger partial charge in [-0.05, 0) is 32.8 Å². The number of amides is 1. The molecule has 7 heteroatoms. The number of hydrogen-bond donors (Lipinski definition) is 1. The van der Waals surface area contributed by atoms with Crippen molar-refractivity contribution in [1.82, 2.24) is 14.8 Å². The van der Waals surface area contributed by atoms with Crippen molar-refractivity contribution >= 4 is 40.1 Å². The maximum atomic E-state index is 12.0. The molecule has 0 saturated heterocycles. The molecule has 5 nitrogen and oxygen atoms in total. The smallest absolute Gasteiger partial charge is 0.250 e. The summed E-state index contributed by atoms with van der Waals surface area (Å²) in [7, 11) is 0. The van der Waals surface area contributed by atoms with Crippen LogP contribution >= 0.6 is 22.9 Å². The first-order valence-corrected chi connectivity index (χ1v) is 8.63. The number of aromatic nitrogens is 3. The van der Waals surface area contributed by atoms with E-state index in [4.69, 9.17) is 11.6 Å². The fourth-order valence-electron chi connectivity index (χ4n) is 2.06. The average Bonchev–Trinajstić information content (AvgIpc) is 2.88. The van der Waals surface area contributed by atoms with Crippen LogP contribution in [0.2, 0.25) is 5.15 Å². The van der Waals surface area contributed by atoms with Crippen LogP contribution in [-0.2, 0) is 11.3 Å². The van der Waals surface area contributed by atoms with Crippen molar-refractivity contribution in [3.05, 3.63) is 33.1 Å². The van der Waals surface area contributed by atoms with Crippen LogP contribution in [0.4, 0.5) is 5.13 Å². The molecule has 2 heterocycles. The number of halogens is 1. The first-order chi connectivity index (χ1) is 10.8. The molecule has 0 unspecified atom stereocenters. The van der Waals surface area contributed by atoms with Crippen molar-refractivity contribution in [2.45, 2.75) is 41.2 Å². The molecule has 2 rings (SSSR count). The van der Waals surface area contributed by atoms with Crippen LogP contribution in [0.15, 0.2) is 6.08 Å². The van der Waals surface area contributed by atoms with Gasteiger partial charge in [0.25, 0.3) is 0 Å². The van der Waals surface area contributed by atoms with Gasteiger partial charge < -0.3 is 0 Å². The molecule has 2 aromatic rings. The molecule has 1 N–H and O–H groups in total. The predicted molar refractivity (Wildman–Crippen MR) is 96.1 cm³/mol. The molecule has 1 amide bonds. The summed E-state index contributed by atoms with van der Waals surface area (Å²) < 4.78 is 1.77. The van der Waals surface area contributed by atoms with Crippen molar-refractivity contribution in [3.8, 4) is 0 Å². The highest BCUT2D eigenvalue weighted by Crippen LogP contribution is 2.23. The van der Waals surface area contributed by atoms with Crippen LogP contribution in [0.25, 0.3) is 6.08 Å². The number of nitrogens with one attached hydrogen (secondary N) is 1. The minimum atomic E-state index is -0.231. The Morgan fingerprint density at radius 1 is 1.35 bits per heavy atom. The van der Waals surface area contributed by atoms with Gasteiger partial charge in [-0.1, -0.05) is 25.4 Å². The summed E-state index contributed by atoms with van der Waals surface area (Å²) in [5.74, 6) is 0.217. The van der Waals surface area contributed by atoms with Crippen molar-refractivity contribution in [1.29, 1.82) is 0 Å². The summed E-state index contributed by atoms with van der Waals surface area (Å²) in [6.07, 6.45) is 3.16. The van der Waals surface area contributed by atoms with Crippen LogP contribution in [-0.4, -0.2) is 20.7 Å². The quantitative estimate of drug-likeness (QED) is 0.819. The molecule has 0 aliphatic carbocycles. The van der Waals surface area contributed by atoms with Crippen molar-refractivity contribution < 1.29 is 4.79 Å². The number of aryl methyl sites for hydroxylation is 3. The molecule has 2 aromatic heterocycles. The molecule has 0 spiro atoms. The zero-order valence-electron chi connectivity index (χ0n) is 14.0. The van der Waals surface area contributed by atoms with E-state index in [1.807, 2.05) is 20.8 Å². The monoisotopic (exact) mass is 352 g/mol. The minimum Gasteiger partial charge on any atom is -0.298 e. The summed E-state index contributed by atoms with van der Waals surface area (Å²) in [6, 6.07) is 0. The highest BCUT2D eigenvalue weighted by molar-refractivity contribution is 7.15. The van der Waals surface area contributed by atoms with Crippen LogP contribution in [0.3, 0.4) is 0 Å². The summed E-state index contributed by atoms with van der Waals surface area (Å²) in [4.78, 5) is 17.4. The van der Waals surface area contributed by atoms with Gasteiger partial charge >= 0.3 is 0 Å². The number of carbonyl (C=O) groups is 1. The Labute approximate surface area is 145 Å². The molecule has 0 fully saturated rings. The van der Waals surface area contributed by atoms with E-state index in [0.29, 0.717) is 16.2 Å². The highest BCUT2D eigenvalue weighted by Gasteiger charge is 2.12. The van der Waals surface area contributed by atoms with Crippen molar-refractivity contribution in [2.24, 2.45) is 5.92 Å². The van der Waals surface area contributed by atoms with Gasteiger partial charge in [0, 0.05) is 23.1 Å². The minimum absolute atomic E-state index is 0.231. The Morgan fingerprint density at radius 2 is 2.04 bits per heavy atom. The maximum absolute atomic E-state index is 12.0. The topological polar surface area (TPSA) is 59.8 Å². The largest absolute Gasteiger partial charge is 0.298 e. The van der Waals surface area contributed by atoms with E-state index < -0.39 is 0 Å². The Balaban J connectivity index is 2.10. The number of carbonyl (C=O) groups excluding carboxylic acids is 1. The van der Waals surface area contributed by atoms with Gasteiger partial charge in [0.2, 0.25) is 5.91 Å². The van der Waals surface area contributed by atoms with Gasteiger partial charge in [-0.2, -0.15) is 5.10 Å². The normalized spacial score (nSPS) is 11.6. The number of thiazole rings is 1. The third kappa shape index (κ3) is 4.42. The number of hydrogen-bond acceptors (Lipinski definition) is 4. The maximum Gasteiger partial charge on any atom is 0.250 e. The number of anilines is 1. The highest BCUT2D eigenvalue weighted by atomic mass is 35.5. The molecule has 0 saturated carbocycles. The van der Waals surface area contributed by atoms with Crippen LogP contribution in [0.5, 0.6) is 0 Å². The lowest BCUT2D eigenvalue weighted by Crippen LogP contribution is -2.07. The average molecular weight is 353 g/mol. The summed E-state index contributed by atoms with van der Waals surface area (Å²) in [6.45, 7) is 10.7. The molecule has 0 bridgehead atoms. The van der Waals surface area contributed by atoms with E-state index in [1.54, 1.807) is 10.8 Å². The molecule has 0 aliphatic rings. The van der Waals surface area contributed by atoms with E-state index in [2.05, 4.69) is 29.2 Å². The Bertz CT molecular complexity index is 726. The van der Waals surface area contributed by atoms with Crippen LogP contribution in [0.1, 0.15) is 35.7 Å². The van der Waals surface area contributed by atoms with Crippen molar-refractivity contribution in [2.75, 3.05) is 5.32 Å². The van der Waals surface area contributed by atoms with E-state index in [-0.39, 0.29) is 5.91 Å². The molecule has 124 valence electrons. The zero-order valence-corrected chi connectivity index (χ0v) is 15.5. The third-order valence-electron chi connectivity index (χ3n) is 3.31. The molecule has 0 aliphatic heterocycles. The molecular weight excluding hydrogens is 332 g/mol. The first kappa shape index (κ1) is 17.7. The second-order valence-corrected chi connectivity index (χ2v) is 7.41. The Hall–Kier alpha value is -1.66. The van der Waals surface area contributed by atoms with Gasteiger partial charge in [-0.25, -0.2) is 4.98 Å². The van der Waals surface area contributed by atoms with E-state index in [0.717, 1.165) is 28.4 Å². The first-order valence-electron chi connectivity index (χ1n) is 7.44. The lowest BCUT2D eigenvalue weighted by atomic mass is 10.2. The second kappa shape index (κ2) is 7.27. The number of rotatable bonds is 5. The van der Waals surface area contributed by atoms with Crippen LogP contribution < -0.4 is 5.32 Å². The summed E-state index contributed by atoms with van der Waals surface area (Å²) in [5, 5.41) is 8.34. The number of nitrogens with zero attached hydrogens (tertiary/aromatic N) is 3. The fraction of sp³-hybridized carbons (Fsp3) is 0.438. The Kier molecular flexibility index (Phi) is 5.59. The SMILES string of the molecule is Cc1nc(NC(=O)C=Cc2c(C)nn(CC(C)C)c2Cl)sc1C. The van der Waals surface area contributed by atoms with Gasteiger partial charge in [-0.15, -0.1) is 11.3 Å². The van der Waals surface area contributed by atoms with Gasteiger partial charge in [0.15, 0.2) is 5.13 Å². The third-order valence-corrected chi connectivity index (χ3v) is 4.69. The standard InChI is InChI=1S/C16H21ClN4OS/c1-9(2)8-21-15(17)13(11(4)20-21)6-7-14(22)19-16-18-10(3)12(5)23-16/h6-7,9H,8H2,1-5H3,(H,18,19,22). The van der Waals surface area contributed by atoms with Crippen LogP contribution in [0, 0.1) is 26.7 Å². The molecule has 0 radical (unpaired) electrons. The molecule has 0 aromatic carbocycles. The fourth-order valence-corrected chi connectivity index (χ4v) is 3.18. The lowest BCUT2D eigenvalue weighted by molar-refractivity contribution is -0.111. The lowest BCUT2D eigenvalue weighted by Gasteiger charge is -2.05. The van der Waals surface area contributed by atoms with E-state index in [9.17, 15) is 4.79 Å². The van der Waals surface area contributed by atoms with Gasteiger partial charge in [0.1, 0.15) is 5.15 Å². The predicted octanol–water partition coefficient (Wildman–Crippen LogP) is 4.23. The van der Waals surface area contributed by atoms with E-state index >= 15 is 0 Å².